The third kappa shape index (κ3) is 4.38. The zero-order valence-electron chi connectivity index (χ0n) is 19.2. The van der Waals surface area contributed by atoms with Crippen molar-refractivity contribution in [2.24, 2.45) is 0 Å². The van der Waals surface area contributed by atoms with Crippen molar-refractivity contribution in [3.05, 3.63) is 102 Å². The second-order valence-electron chi connectivity index (χ2n) is 7.99. The van der Waals surface area contributed by atoms with Crippen LogP contribution in [0.1, 0.15) is 31.3 Å². The molecule has 2 heterocycles. The van der Waals surface area contributed by atoms with Crippen LogP contribution in [0.4, 0.5) is 14.9 Å². The van der Waals surface area contributed by atoms with Crippen LogP contribution in [0.3, 0.4) is 0 Å². The largest absolute Gasteiger partial charge is 0.494 e. The molecule has 0 radical (unpaired) electrons. The number of ether oxygens (including phenoxy) is 1. The molecule has 1 aliphatic rings. The summed E-state index contributed by atoms with van der Waals surface area (Å²) >= 11 is 0. The van der Waals surface area contributed by atoms with Gasteiger partial charge in [0, 0.05) is 11.3 Å². The van der Waals surface area contributed by atoms with Crippen LogP contribution in [0.2, 0.25) is 0 Å². The Morgan fingerprint density at radius 2 is 1.83 bits per heavy atom. The Morgan fingerprint density at radius 1 is 1.06 bits per heavy atom. The van der Waals surface area contributed by atoms with E-state index in [-0.39, 0.29) is 11.9 Å². The van der Waals surface area contributed by atoms with Crippen molar-refractivity contribution in [1.29, 1.82) is 0 Å². The zero-order chi connectivity index (χ0) is 24.4. The predicted molar refractivity (Wildman–Crippen MR) is 130 cm³/mol. The topological polar surface area (TPSA) is 80.5 Å². The molecule has 3 aromatic carbocycles. The summed E-state index contributed by atoms with van der Waals surface area (Å²) in [5.41, 5.74) is 3.18. The molecule has 1 aromatic heterocycles. The molecule has 0 bridgehead atoms. The van der Waals surface area contributed by atoms with Crippen LogP contribution < -0.4 is 15.0 Å². The molecular formula is C27H23FN4O3. The molecule has 1 atom stereocenters. The first-order chi connectivity index (χ1) is 17.0. The molecule has 5 rings (SSSR count). The van der Waals surface area contributed by atoms with E-state index in [0.29, 0.717) is 40.7 Å². The number of allylic oxidation sites excluding steroid dienone is 1. The van der Waals surface area contributed by atoms with Crippen LogP contribution in [-0.2, 0) is 0 Å². The number of benzene rings is 3. The fraction of sp³-hybridized carbons (Fsp3) is 0.148. The molecule has 4 aromatic rings. The molecule has 0 aliphatic carbocycles. The number of anilines is 1. The van der Waals surface area contributed by atoms with Gasteiger partial charge < -0.3 is 14.6 Å². The molecule has 0 saturated carbocycles. The Labute approximate surface area is 201 Å². The normalized spacial score (nSPS) is 15.8. The lowest BCUT2D eigenvalue weighted by Gasteiger charge is -2.35. The van der Waals surface area contributed by atoms with Gasteiger partial charge in [0.1, 0.15) is 11.6 Å². The van der Waals surface area contributed by atoms with Crippen LogP contribution in [0.25, 0.3) is 17.0 Å². The molecule has 2 amide bonds. The summed E-state index contributed by atoms with van der Waals surface area (Å²) in [7, 11) is 0. The highest BCUT2D eigenvalue weighted by Crippen LogP contribution is 2.39. The quantitative estimate of drug-likeness (QED) is 0.375. The summed E-state index contributed by atoms with van der Waals surface area (Å²) in [5, 5.41) is 7.13. The van der Waals surface area contributed by atoms with E-state index in [0.717, 1.165) is 5.56 Å². The van der Waals surface area contributed by atoms with Gasteiger partial charge in [-0.3, -0.25) is 4.90 Å². The van der Waals surface area contributed by atoms with Crippen molar-refractivity contribution >= 4 is 17.3 Å². The standard InChI is InChI=1S/C27H23FN4O3/c1-3-34-22-14-12-21(13-15-22)32-17(2)23(24(29-27(32)33)19-10-7-11-20(28)16-19)26-30-25(31-35-26)18-8-5-4-6-9-18/h4-16,24H,3H2,1-2H3,(H,29,33). The summed E-state index contributed by atoms with van der Waals surface area (Å²) in [4.78, 5) is 19.4. The van der Waals surface area contributed by atoms with E-state index >= 15 is 0 Å². The van der Waals surface area contributed by atoms with E-state index in [1.165, 1.54) is 17.0 Å². The minimum Gasteiger partial charge on any atom is -0.494 e. The zero-order valence-corrected chi connectivity index (χ0v) is 19.2. The van der Waals surface area contributed by atoms with Crippen LogP contribution in [0.15, 0.2) is 89.1 Å². The van der Waals surface area contributed by atoms with E-state index in [1.807, 2.05) is 44.2 Å². The number of rotatable bonds is 6. The molecule has 0 saturated heterocycles. The Hall–Kier alpha value is -4.46. The van der Waals surface area contributed by atoms with Crippen LogP contribution in [-0.4, -0.2) is 22.8 Å². The predicted octanol–water partition coefficient (Wildman–Crippen LogP) is 5.98. The minimum absolute atomic E-state index is 0.242. The second kappa shape index (κ2) is 9.42. The molecule has 1 N–H and O–H groups in total. The molecule has 0 spiro atoms. The number of urea groups is 1. The Bertz CT molecular complexity index is 1380. The number of carbonyl (C=O) groups is 1. The Balaban J connectivity index is 1.63. The van der Waals surface area contributed by atoms with Crippen LogP contribution in [0.5, 0.6) is 5.75 Å². The second-order valence-corrected chi connectivity index (χ2v) is 7.99. The summed E-state index contributed by atoms with van der Waals surface area (Å²) in [6.07, 6.45) is 0. The summed E-state index contributed by atoms with van der Waals surface area (Å²) < 4.78 is 25.3. The molecule has 7 nitrogen and oxygen atoms in total. The first kappa shape index (κ1) is 22.3. The number of amides is 2. The van der Waals surface area contributed by atoms with Gasteiger partial charge in [0.25, 0.3) is 5.89 Å². The number of nitrogens with one attached hydrogen (secondary N) is 1. The highest BCUT2D eigenvalue weighted by atomic mass is 19.1. The average molecular weight is 471 g/mol. The number of nitrogens with zero attached hydrogens (tertiary/aromatic N) is 3. The van der Waals surface area contributed by atoms with Crippen molar-refractivity contribution in [2.45, 2.75) is 19.9 Å². The lowest BCUT2D eigenvalue weighted by atomic mass is 9.94. The molecular weight excluding hydrogens is 447 g/mol. The van der Waals surface area contributed by atoms with Crippen LogP contribution >= 0.6 is 0 Å². The van der Waals surface area contributed by atoms with Crippen molar-refractivity contribution in [2.75, 3.05) is 11.5 Å². The monoisotopic (exact) mass is 470 g/mol. The van der Waals surface area contributed by atoms with Gasteiger partial charge in [-0.1, -0.05) is 47.6 Å². The molecule has 1 unspecified atom stereocenters. The average Bonchev–Trinajstić information content (AvgIpc) is 3.35. The van der Waals surface area contributed by atoms with Gasteiger partial charge >= 0.3 is 6.03 Å². The number of hydrogen-bond donors (Lipinski definition) is 1. The number of carbonyl (C=O) groups excluding carboxylic acids is 1. The number of aromatic nitrogens is 2. The fourth-order valence-electron chi connectivity index (χ4n) is 4.16. The molecule has 0 fully saturated rings. The fourth-order valence-corrected chi connectivity index (χ4v) is 4.16. The molecule has 35 heavy (non-hydrogen) atoms. The molecule has 8 heteroatoms. The maximum atomic E-state index is 14.1. The highest BCUT2D eigenvalue weighted by Gasteiger charge is 2.36. The van der Waals surface area contributed by atoms with Crippen molar-refractivity contribution in [3.8, 4) is 17.1 Å². The van der Waals surface area contributed by atoms with E-state index in [9.17, 15) is 9.18 Å². The van der Waals surface area contributed by atoms with Crippen LogP contribution in [0, 0.1) is 5.82 Å². The van der Waals surface area contributed by atoms with Crippen molar-refractivity contribution < 1.29 is 18.4 Å². The first-order valence-electron chi connectivity index (χ1n) is 11.2. The van der Waals surface area contributed by atoms with Gasteiger partial charge in [0.15, 0.2) is 0 Å². The maximum absolute atomic E-state index is 14.1. The SMILES string of the molecule is CCOc1ccc(N2C(=O)NC(c3cccc(F)c3)C(c3nc(-c4ccccc4)no3)=C2C)cc1. The van der Waals surface area contributed by atoms with E-state index in [4.69, 9.17) is 9.26 Å². The smallest absolute Gasteiger partial charge is 0.326 e. The van der Waals surface area contributed by atoms with Gasteiger partial charge in [0.2, 0.25) is 5.82 Å². The van der Waals surface area contributed by atoms with Gasteiger partial charge in [-0.25, -0.2) is 9.18 Å². The third-order valence-electron chi connectivity index (χ3n) is 5.76. The lowest BCUT2D eigenvalue weighted by Crippen LogP contribution is -2.46. The van der Waals surface area contributed by atoms with Crippen molar-refractivity contribution in [3.63, 3.8) is 0 Å². The van der Waals surface area contributed by atoms with E-state index in [1.54, 1.807) is 36.4 Å². The van der Waals surface area contributed by atoms with Gasteiger partial charge in [-0.15, -0.1) is 0 Å². The van der Waals surface area contributed by atoms with Crippen molar-refractivity contribution in [1.82, 2.24) is 15.5 Å². The number of halogens is 1. The number of hydrogen-bond acceptors (Lipinski definition) is 5. The maximum Gasteiger partial charge on any atom is 0.326 e. The first-order valence-corrected chi connectivity index (χ1v) is 11.2. The summed E-state index contributed by atoms with van der Waals surface area (Å²) in [6, 6.07) is 21.7. The highest BCUT2D eigenvalue weighted by molar-refractivity contribution is 6.01. The van der Waals surface area contributed by atoms with E-state index < -0.39 is 11.9 Å². The summed E-state index contributed by atoms with van der Waals surface area (Å²) in [6.45, 7) is 4.26. The van der Waals surface area contributed by atoms with E-state index in [2.05, 4.69) is 15.5 Å². The Kier molecular flexibility index (Phi) is 6.01. The Morgan fingerprint density at radius 3 is 2.54 bits per heavy atom. The lowest BCUT2D eigenvalue weighted by molar-refractivity contribution is 0.244. The van der Waals surface area contributed by atoms with Gasteiger partial charge in [-0.05, 0) is 55.8 Å². The minimum atomic E-state index is -0.679. The van der Waals surface area contributed by atoms with Gasteiger partial charge in [0.05, 0.1) is 23.9 Å². The molecule has 1 aliphatic heterocycles. The summed E-state index contributed by atoms with van der Waals surface area (Å²) in [5.74, 6) is 0.964. The molecule has 176 valence electrons. The van der Waals surface area contributed by atoms with Gasteiger partial charge in [-0.2, -0.15) is 4.98 Å². The third-order valence-corrected chi connectivity index (χ3v) is 5.76.